The van der Waals surface area contributed by atoms with E-state index in [0.717, 1.165) is 17.3 Å². The number of carbonyl (C=O) groups is 2. The summed E-state index contributed by atoms with van der Waals surface area (Å²) in [6.07, 6.45) is 4.05. The SMILES string of the molecule is CC1(C(=O)N2CCOC[C@@H](Cc3ccc4ncccc4c3)C2)CCN(C(=O)c2ccccc2)CC1. The van der Waals surface area contributed by atoms with Crippen LogP contribution >= 0.6 is 0 Å². The summed E-state index contributed by atoms with van der Waals surface area (Å²) in [5.74, 6) is 0.496. The molecule has 35 heavy (non-hydrogen) atoms. The van der Waals surface area contributed by atoms with Crippen molar-refractivity contribution in [3.05, 3.63) is 78.0 Å². The number of aromatic nitrogens is 1. The summed E-state index contributed by atoms with van der Waals surface area (Å²) in [6.45, 7) is 5.83. The number of ether oxygens (including phenoxy) is 1. The highest BCUT2D eigenvalue weighted by molar-refractivity contribution is 5.94. The van der Waals surface area contributed by atoms with Gasteiger partial charge in [0.2, 0.25) is 5.91 Å². The van der Waals surface area contributed by atoms with Gasteiger partial charge >= 0.3 is 0 Å². The Balaban J connectivity index is 1.22. The van der Waals surface area contributed by atoms with Crippen molar-refractivity contribution in [2.45, 2.75) is 26.2 Å². The number of fused-ring (bicyclic) bond motifs is 1. The number of nitrogens with zero attached hydrogens (tertiary/aromatic N) is 3. The van der Waals surface area contributed by atoms with Crippen molar-refractivity contribution in [3.8, 4) is 0 Å². The summed E-state index contributed by atoms with van der Waals surface area (Å²) in [4.78, 5) is 34.8. The van der Waals surface area contributed by atoms with Crippen LogP contribution in [0.2, 0.25) is 0 Å². The van der Waals surface area contributed by atoms with Crippen molar-refractivity contribution in [3.63, 3.8) is 0 Å². The van der Waals surface area contributed by atoms with E-state index >= 15 is 0 Å². The minimum atomic E-state index is -0.447. The van der Waals surface area contributed by atoms with E-state index < -0.39 is 5.41 Å². The fourth-order valence-corrected chi connectivity index (χ4v) is 5.34. The molecule has 3 heterocycles. The summed E-state index contributed by atoms with van der Waals surface area (Å²) in [6, 6.07) is 19.8. The van der Waals surface area contributed by atoms with Crippen molar-refractivity contribution in [2.75, 3.05) is 39.4 Å². The summed E-state index contributed by atoms with van der Waals surface area (Å²) >= 11 is 0. The van der Waals surface area contributed by atoms with Crippen LogP contribution in [-0.4, -0.2) is 66.0 Å². The molecule has 2 fully saturated rings. The van der Waals surface area contributed by atoms with Crippen LogP contribution in [-0.2, 0) is 16.0 Å². The van der Waals surface area contributed by atoms with E-state index in [0.29, 0.717) is 57.8 Å². The zero-order valence-corrected chi connectivity index (χ0v) is 20.4. The van der Waals surface area contributed by atoms with E-state index in [-0.39, 0.29) is 17.7 Å². The maximum Gasteiger partial charge on any atom is 0.253 e. The number of piperidine rings is 1. The summed E-state index contributed by atoms with van der Waals surface area (Å²) in [5, 5.41) is 1.14. The van der Waals surface area contributed by atoms with E-state index in [2.05, 4.69) is 36.2 Å². The lowest BCUT2D eigenvalue weighted by Gasteiger charge is -2.41. The molecule has 3 aromatic rings. The summed E-state index contributed by atoms with van der Waals surface area (Å²) in [5.41, 5.74) is 2.50. The number of hydrogen-bond donors (Lipinski definition) is 0. The first kappa shape index (κ1) is 23.5. The average Bonchev–Trinajstić information content (AvgIpc) is 3.14. The third kappa shape index (κ3) is 5.22. The number of amides is 2. The fraction of sp³-hybridized carbons (Fsp3) is 0.414. The Morgan fingerprint density at radius 2 is 1.80 bits per heavy atom. The summed E-state index contributed by atoms with van der Waals surface area (Å²) < 4.78 is 5.91. The molecule has 182 valence electrons. The van der Waals surface area contributed by atoms with Gasteiger partial charge < -0.3 is 14.5 Å². The maximum absolute atomic E-state index is 13.7. The lowest BCUT2D eigenvalue weighted by Crippen LogP contribution is -2.51. The van der Waals surface area contributed by atoms with E-state index in [1.54, 1.807) is 0 Å². The first-order chi connectivity index (χ1) is 17.0. The normalized spacial score (nSPS) is 20.4. The van der Waals surface area contributed by atoms with Gasteiger partial charge in [-0.15, -0.1) is 0 Å². The average molecular weight is 472 g/mol. The molecule has 0 aliphatic carbocycles. The first-order valence-electron chi connectivity index (χ1n) is 12.6. The Morgan fingerprint density at radius 1 is 1.00 bits per heavy atom. The molecule has 2 aliphatic heterocycles. The monoisotopic (exact) mass is 471 g/mol. The molecule has 2 aliphatic rings. The van der Waals surface area contributed by atoms with Gasteiger partial charge in [0.25, 0.3) is 5.91 Å². The van der Waals surface area contributed by atoms with Gasteiger partial charge in [-0.25, -0.2) is 0 Å². The van der Waals surface area contributed by atoms with E-state index in [1.165, 1.54) is 5.56 Å². The Kier molecular flexibility index (Phi) is 6.82. The second-order valence-electron chi connectivity index (χ2n) is 10.1. The van der Waals surface area contributed by atoms with Crippen molar-refractivity contribution >= 4 is 22.7 Å². The predicted octanol–water partition coefficient (Wildman–Crippen LogP) is 4.19. The number of carbonyl (C=O) groups excluding carboxylic acids is 2. The Labute approximate surface area is 206 Å². The van der Waals surface area contributed by atoms with Gasteiger partial charge in [0.1, 0.15) is 0 Å². The molecule has 0 unspecified atom stereocenters. The molecule has 0 N–H and O–H groups in total. The number of benzene rings is 2. The number of likely N-dealkylation sites (tertiary alicyclic amines) is 1. The minimum Gasteiger partial charge on any atom is -0.379 e. The highest BCUT2D eigenvalue weighted by atomic mass is 16.5. The van der Waals surface area contributed by atoms with Gasteiger partial charge in [0.05, 0.1) is 18.7 Å². The van der Waals surface area contributed by atoms with Crippen LogP contribution in [0, 0.1) is 11.3 Å². The summed E-state index contributed by atoms with van der Waals surface area (Å²) in [7, 11) is 0. The molecule has 6 nitrogen and oxygen atoms in total. The second kappa shape index (κ2) is 10.2. The van der Waals surface area contributed by atoms with Crippen LogP contribution in [0.3, 0.4) is 0 Å². The standard InChI is InChI=1S/C29H33N3O3/c1-29(11-14-31(15-12-29)27(33)24-6-3-2-4-7-24)28(34)32-16-17-35-21-23(20-32)18-22-9-10-26-25(19-22)8-5-13-30-26/h2-10,13,19,23H,11-12,14-18,20-21H2,1H3/t23-/m0/s1. The first-order valence-corrected chi connectivity index (χ1v) is 12.6. The largest absolute Gasteiger partial charge is 0.379 e. The van der Waals surface area contributed by atoms with Gasteiger partial charge in [-0.3, -0.25) is 14.6 Å². The Morgan fingerprint density at radius 3 is 2.60 bits per heavy atom. The van der Waals surface area contributed by atoms with Gasteiger partial charge in [-0.2, -0.15) is 0 Å². The van der Waals surface area contributed by atoms with Gasteiger partial charge in [0.15, 0.2) is 0 Å². The molecule has 6 heteroatoms. The Hall–Kier alpha value is -3.25. The third-order valence-corrected chi connectivity index (χ3v) is 7.51. The quantitative estimate of drug-likeness (QED) is 0.572. The third-order valence-electron chi connectivity index (χ3n) is 7.51. The number of pyridine rings is 1. The maximum atomic E-state index is 13.7. The molecule has 0 radical (unpaired) electrons. The predicted molar refractivity (Wildman–Crippen MR) is 136 cm³/mol. The lowest BCUT2D eigenvalue weighted by molar-refractivity contribution is -0.144. The fourth-order valence-electron chi connectivity index (χ4n) is 5.34. The van der Waals surface area contributed by atoms with Gasteiger partial charge in [-0.05, 0) is 55.2 Å². The molecule has 0 spiro atoms. The van der Waals surface area contributed by atoms with Crippen LogP contribution in [0.4, 0.5) is 0 Å². The van der Waals surface area contributed by atoms with Crippen LogP contribution in [0.5, 0.6) is 0 Å². The van der Waals surface area contributed by atoms with Crippen LogP contribution in [0.25, 0.3) is 10.9 Å². The van der Waals surface area contributed by atoms with Crippen molar-refractivity contribution in [2.24, 2.45) is 11.3 Å². The van der Waals surface area contributed by atoms with E-state index in [9.17, 15) is 9.59 Å². The lowest BCUT2D eigenvalue weighted by atomic mass is 9.78. The molecule has 2 saturated heterocycles. The molecule has 2 aromatic carbocycles. The van der Waals surface area contributed by atoms with Crippen molar-refractivity contribution < 1.29 is 14.3 Å². The minimum absolute atomic E-state index is 0.0499. The molecule has 0 bridgehead atoms. The van der Waals surface area contributed by atoms with Gasteiger partial charge in [-0.1, -0.05) is 37.3 Å². The zero-order valence-electron chi connectivity index (χ0n) is 20.4. The van der Waals surface area contributed by atoms with Crippen molar-refractivity contribution in [1.82, 2.24) is 14.8 Å². The van der Waals surface area contributed by atoms with Crippen LogP contribution in [0.15, 0.2) is 66.9 Å². The smallest absolute Gasteiger partial charge is 0.253 e. The molecule has 5 rings (SSSR count). The molecular formula is C29H33N3O3. The van der Waals surface area contributed by atoms with E-state index in [4.69, 9.17) is 4.74 Å². The van der Waals surface area contributed by atoms with Gasteiger partial charge in [0, 0.05) is 54.7 Å². The highest BCUT2D eigenvalue weighted by Crippen LogP contribution is 2.34. The Bertz CT molecular complexity index is 1190. The number of hydrogen-bond acceptors (Lipinski definition) is 4. The second-order valence-corrected chi connectivity index (χ2v) is 10.1. The van der Waals surface area contributed by atoms with Crippen molar-refractivity contribution in [1.29, 1.82) is 0 Å². The van der Waals surface area contributed by atoms with Crippen LogP contribution < -0.4 is 0 Å². The highest BCUT2D eigenvalue weighted by Gasteiger charge is 2.41. The van der Waals surface area contributed by atoms with Crippen LogP contribution in [0.1, 0.15) is 35.7 Å². The molecule has 2 amide bonds. The zero-order chi connectivity index (χ0) is 24.3. The number of rotatable bonds is 4. The molecule has 1 aromatic heterocycles. The molecular weight excluding hydrogens is 438 g/mol. The molecule has 0 saturated carbocycles. The van der Waals surface area contributed by atoms with E-state index in [1.807, 2.05) is 52.4 Å². The molecule has 1 atom stereocenters. The topological polar surface area (TPSA) is 62.7 Å².